The smallest absolute Gasteiger partial charge is 0.243 e. The minimum Gasteiger partial charge on any atom is -0.368 e. The van der Waals surface area contributed by atoms with Crippen LogP contribution in [-0.2, 0) is 25.6 Å². The van der Waals surface area contributed by atoms with Crippen LogP contribution in [-0.4, -0.2) is 35.6 Å². The number of benzene rings is 1. The lowest BCUT2D eigenvalue weighted by molar-refractivity contribution is -0.132. The molecule has 146 valence electrons. The molecule has 2 rings (SSSR count). The molecule has 27 heavy (non-hydrogen) atoms. The summed E-state index contributed by atoms with van der Waals surface area (Å²) >= 11 is 0. The monoisotopic (exact) mass is 377 g/mol. The molecule has 3 atom stereocenters. The Morgan fingerprint density at radius 2 is 2.04 bits per heavy atom. The van der Waals surface area contributed by atoms with Gasteiger partial charge in [0.1, 0.15) is 23.7 Å². The molecule has 0 radical (unpaired) electrons. The molecule has 1 saturated carbocycles. The summed E-state index contributed by atoms with van der Waals surface area (Å²) in [4.78, 5) is 47.7. The number of nitrogens with two attached hydrogens (primary N) is 1. The summed E-state index contributed by atoms with van der Waals surface area (Å²) in [5.74, 6) is -2.54. The lowest BCUT2D eigenvalue weighted by Crippen LogP contribution is -2.56. The van der Waals surface area contributed by atoms with Crippen molar-refractivity contribution >= 4 is 23.5 Å². The predicted molar refractivity (Wildman–Crippen MR) is 95.8 cm³/mol. The molecular weight excluding hydrogens is 353 g/mol. The van der Waals surface area contributed by atoms with E-state index >= 15 is 0 Å². The number of ketones is 1. The topological polar surface area (TPSA) is 118 Å². The first-order valence-electron chi connectivity index (χ1n) is 8.89. The number of carbonyl (C=O) groups excluding carboxylic acids is 4. The normalized spacial score (nSPS) is 19.0. The van der Waals surface area contributed by atoms with Crippen molar-refractivity contribution in [1.82, 2.24) is 10.6 Å². The van der Waals surface area contributed by atoms with Gasteiger partial charge in [-0.05, 0) is 36.5 Å². The molecule has 1 aromatic rings. The Kier molecular flexibility index (Phi) is 7.04. The van der Waals surface area contributed by atoms with Crippen LogP contribution in [0, 0.1) is 11.7 Å². The van der Waals surface area contributed by atoms with E-state index in [2.05, 4.69) is 10.6 Å². The summed E-state index contributed by atoms with van der Waals surface area (Å²) in [7, 11) is 0. The fraction of sp³-hybridized carbons (Fsp3) is 0.474. The zero-order valence-corrected chi connectivity index (χ0v) is 15.2. The van der Waals surface area contributed by atoms with Crippen molar-refractivity contribution in [3.05, 3.63) is 35.6 Å². The summed E-state index contributed by atoms with van der Waals surface area (Å²) in [5, 5.41) is 5.08. The van der Waals surface area contributed by atoms with Crippen LogP contribution in [0.2, 0.25) is 0 Å². The molecule has 1 fully saturated rings. The Bertz CT molecular complexity index is 737. The summed E-state index contributed by atoms with van der Waals surface area (Å²) in [6.07, 6.45) is 1.95. The van der Waals surface area contributed by atoms with E-state index in [0.717, 1.165) is 0 Å². The Hall–Kier alpha value is -2.77. The van der Waals surface area contributed by atoms with Gasteiger partial charge in [0, 0.05) is 26.2 Å². The third-order valence-electron chi connectivity index (χ3n) is 4.62. The highest BCUT2D eigenvalue weighted by Gasteiger charge is 2.33. The van der Waals surface area contributed by atoms with Crippen molar-refractivity contribution < 1.29 is 23.6 Å². The van der Waals surface area contributed by atoms with Crippen molar-refractivity contribution in [3.8, 4) is 0 Å². The summed E-state index contributed by atoms with van der Waals surface area (Å²) in [5.41, 5.74) is 5.95. The van der Waals surface area contributed by atoms with Crippen LogP contribution in [0.5, 0.6) is 0 Å². The standard InChI is InChI=1S/C19H24FN3O4/c1-11(24)22-16(9-12-4-2-6-14(20)8-12)19(27)23-17(18(21)26)13-5-3-7-15(25)10-13/h2,4,6,8,13,16-17H,3,5,7,9-10H2,1H3,(H2,21,26)(H,22,24)(H,23,27)/t13-,16-,17-/m1/s1. The number of carbonyl (C=O) groups is 4. The van der Waals surface area contributed by atoms with Crippen LogP contribution in [0.15, 0.2) is 24.3 Å². The first-order chi connectivity index (χ1) is 12.8. The second-order valence-electron chi connectivity index (χ2n) is 6.87. The third-order valence-corrected chi connectivity index (χ3v) is 4.62. The minimum atomic E-state index is -0.995. The van der Waals surface area contributed by atoms with Gasteiger partial charge in [-0.3, -0.25) is 19.2 Å². The SMILES string of the molecule is CC(=O)N[C@H](Cc1cccc(F)c1)C(=O)N[C@@H](C(N)=O)[C@@H]1CCCC(=O)C1. The molecule has 0 aliphatic heterocycles. The maximum absolute atomic E-state index is 13.4. The van der Waals surface area contributed by atoms with E-state index in [-0.39, 0.29) is 24.5 Å². The van der Waals surface area contributed by atoms with E-state index in [1.807, 2.05) is 0 Å². The van der Waals surface area contributed by atoms with Gasteiger partial charge in [0.05, 0.1) is 0 Å². The Balaban J connectivity index is 2.13. The third kappa shape index (κ3) is 6.16. The van der Waals surface area contributed by atoms with Gasteiger partial charge >= 0.3 is 0 Å². The van der Waals surface area contributed by atoms with Gasteiger partial charge in [-0.2, -0.15) is 0 Å². The maximum Gasteiger partial charge on any atom is 0.243 e. The van der Waals surface area contributed by atoms with Crippen LogP contribution in [0.1, 0.15) is 38.2 Å². The molecule has 1 aromatic carbocycles. The van der Waals surface area contributed by atoms with Crippen LogP contribution >= 0.6 is 0 Å². The number of rotatable bonds is 7. The van der Waals surface area contributed by atoms with Crippen molar-refractivity contribution in [2.45, 2.75) is 51.1 Å². The van der Waals surface area contributed by atoms with E-state index in [4.69, 9.17) is 5.73 Å². The zero-order valence-electron chi connectivity index (χ0n) is 15.2. The highest BCUT2D eigenvalue weighted by Crippen LogP contribution is 2.24. The molecular formula is C19H24FN3O4. The molecule has 0 saturated heterocycles. The van der Waals surface area contributed by atoms with E-state index in [1.165, 1.54) is 25.1 Å². The highest BCUT2D eigenvalue weighted by atomic mass is 19.1. The summed E-state index contributed by atoms with van der Waals surface area (Å²) in [6, 6.07) is 3.70. The number of hydrogen-bond donors (Lipinski definition) is 3. The molecule has 1 aliphatic carbocycles. The van der Waals surface area contributed by atoms with Gasteiger partial charge in [0.25, 0.3) is 0 Å². The lowest BCUT2D eigenvalue weighted by Gasteiger charge is -2.29. The molecule has 8 heteroatoms. The number of amides is 3. The van der Waals surface area contributed by atoms with Gasteiger partial charge in [0.2, 0.25) is 17.7 Å². The van der Waals surface area contributed by atoms with Gasteiger partial charge < -0.3 is 16.4 Å². The van der Waals surface area contributed by atoms with Crippen molar-refractivity contribution in [2.24, 2.45) is 11.7 Å². The van der Waals surface area contributed by atoms with Gasteiger partial charge in [-0.1, -0.05) is 12.1 Å². The van der Waals surface area contributed by atoms with Crippen molar-refractivity contribution in [2.75, 3.05) is 0 Å². The van der Waals surface area contributed by atoms with Crippen molar-refractivity contribution in [3.63, 3.8) is 0 Å². The first kappa shape index (κ1) is 20.5. The van der Waals surface area contributed by atoms with Gasteiger partial charge in [-0.25, -0.2) is 4.39 Å². The number of hydrogen-bond acceptors (Lipinski definition) is 4. The second kappa shape index (κ2) is 9.25. The number of primary amides is 1. The fourth-order valence-corrected chi connectivity index (χ4v) is 3.37. The first-order valence-corrected chi connectivity index (χ1v) is 8.89. The molecule has 0 unspecified atom stereocenters. The average molecular weight is 377 g/mol. The highest BCUT2D eigenvalue weighted by molar-refractivity contribution is 5.92. The van der Waals surface area contributed by atoms with Crippen LogP contribution in [0.4, 0.5) is 4.39 Å². The second-order valence-corrected chi connectivity index (χ2v) is 6.87. The number of nitrogens with one attached hydrogen (secondary N) is 2. The number of halogens is 1. The molecule has 1 aliphatic rings. The minimum absolute atomic E-state index is 0.0323. The van der Waals surface area contributed by atoms with E-state index in [1.54, 1.807) is 6.07 Å². The number of Topliss-reactive ketones (excluding diaryl/α,β-unsaturated/α-hetero) is 1. The quantitative estimate of drug-likeness (QED) is 0.645. The molecule has 3 amide bonds. The average Bonchev–Trinajstić information content (AvgIpc) is 2.58. The Labute approximate surface area is 156 Å². The predicted octanol–water partition coefficient (Wildman–Crippen LogP) is 0.602. The molecule has 7 nitrogen and oxygen atoms in total. The molecule has 0 aromatic heterocycles. The maximum atomic E-state index is 13.4. The summed E-state index contributed by atoms with van der Waals surface area (Å²) < 4.78 is 13.4. The van der Waals surface area contributed by atoms with Gasteiger partial charge in [0.15, 0.2) is 0 Å². The van der Waals surface area contributed by atoms with E-state index in [9.17, 15) is 23.6 Å². The Morgan fingerprint density at radius 3 is 2.63 bits per heavy atom. The molecule has 0 bridgehead atoms. The fourth-order valence-electron chi connectivity index (χ4n) is 3.37. The van der Waals surface area contributed by atoms with E-state index in [0.29, 0.717) is 24.8 Å². The lowest BCUT2D eigenvalue weighted by atomic mass is 9.82. The summed E-state index contributed by atoms with van der Waals surface area (Å²) in [6.45, 7) is 1.26. The zero-order chi connectivity index (χ0) is 20.0. The molecule has 0 spiro atoms. The van der Waals surface area contributed by atoms with E-state index < -0.39 is 35.6 Å². The molecule has 0 heterocycles. The van der Waals surface area contributed by atoms with Gasteiger partial charge in [-0.15, -0.1) is 0 Å². The van der Waals surface area contributed by atoms with Crippen LogP contribution in [0.25, 0.3) is 0 Å². The largest absolute Gasteiger partial charge is 0.368 e. The van der Waals surface area contributed by atoms with Crippen molar-refractivity contribution in [1.29, 1.82) is 0 Å². The van der Waals surface area contributed by atoms with Crippen LogP contribution in [0.3, 0.4) is 0 Å². The van der Waals surface area contributed by atoms with Crippen LogP contribution < -0.4 is 16.4 Å². The molecule has 4 N–H and O–H groups in total. The Morgan fingerprint density at radius 1 is 1.30 bits per heavy atom.